The van der Waals surface area contributed by atoms with Crippen LogP contribution in [0.2, 0.25) is 0 Å². The van der Waals surface area contributed by atoms with Crippen molar-refractivity contribution >= 4 is 11.6 Å². The Hall–Kier alpha value is -2.57. The lowest BCUT2D eigenvalue weighted by Crippen LogP contribution is -2.24. The number of carbonyl (C=O) groups excluding carboxylic acids is 1. The summed E-state index contributed by atoms with van der Waals surface area (Å²) >= 11 is 0. The molecule has 1 amide bonds. The number of carbonyl (C=O) groups is 1. The zero-order valence-electron chi connectivity index (χ0n) is 10.5. The van der Waals surface area contributed by atoms with E-state index in [1.807, 2.05) is 11.5 Å². The van der Waals surface area contributed by atoms with E-state index in [-0.39, 0.29) is 23.9 Å². The summed E-state index contributed by atoms with van der Waals surface area (Å²) < 4.78 is 1.83. The number of nitrogens with one attached hydrogen (secondary N) is 1. The molecule has 0 aliphatic heterocycles. The monoisotopic (exact) mass is 261 g/mol. The van der Waals surface area contributed by atoms with E-state index in [1.54, 1.807) is 12.4 Å². The fourth-order valence-corrected chi connectivity index (χ4v) is 1.63. The molecule has 0 saturated carbocycles. The Morgan fingerprint density at radius 3 is 3.00 bits per heavy atom. The molecule has 100 valence electrons. The lowest BCUT2D eigenvalue weighted by Gasteiger charge is -2.07. The first kappa shape index (κ1) is 12.9. The van der Waals surface area contributed by atoms with Crippen LogP contribution in [0.5, 0.6) is 5.75 Å². The van der Waals surface area contributed by atoms with Gasteiger partial charge in [-0.3, -0.25) is 4.79 Å². The third-order valence-corrected chi connectivity index (χ3v) is 2.74. The first-order valence-corrected chi connectivity index (χ1v) is 5.85. The van der Waals surface area contributed by atoms with Crippen LogP contribution in [0.15, 0.2) is 24.5 Å². The molecule has 0 fully saturated rings. The number of amides is 1. The molecule has 0 aliphatic carbocycles. The van der Waals surface area contributed by atoms with Gasteiger partial charge in [0.1, 0.15) is 12.1 Å². The average Bonchev–Trinajstić information content (AvgIpc) is 2.86. The second-order valence-corrected chi connectivity index (χ2v) is 3.99. The van der Waals surface area contributed by atoms with Gasteiger partial charge < -0.3 is 20.7 Å². The number of anilines is 1. The van der Waals surface area contributed by atoms with Crippen LogP contribution in [0.4, 0.5) is 5.69 Å². The maximum Gasteiger partial charge on any atom is 0.251 e. The van der Waals surface area contributed by atoms with Crippen molar-refractivity contribution in [2.24, 2.45) is 0 Å². The van der Waals surface area contributed by atoms with Crippen LogP contribution in [-0.2, 0) is 13.1 Å². The Morgan fingerprint density at radius 1 is 1.53 bits per heavy atom. The molecule has 0 unspecified atom stereocenters. The van der Waals surface area contributed by atoms with Crippen molar-refractivity contribution in [1.82, 2.24) is 20.1 Å². The minimum absolute atomic E-state index is 0.107. The molecule has 2 aromatic rings. The number of nitrogens with two attached hydrogens (primary N) is 1. The van der Waals surface area contributed by atoms with Crippen molar-refractivity contribution in [2.45, 2.75) is 20.0 Å². The molecule has 4 N–H and O–H groups in total. The van der Waals surface area contributed by atoms with Gasteiger partial charge in [-0.25, -0.2) is 0 Å². The van der Waals surface area contributed by atoms with Gasteiger partial charge in [-0.15, -0.1) is 10.2 Å². The number of rotatable bonds is 4. The Kier molecular flexibility index (Phi) is 3.65. The molecule has 0 radical (unpaired) electrons. The topological polar surface area (TPSA) is 106 Å². The maximum absolute atomic E-state index is 11.9. The lowest BCUT2D eigenvalue weighted by atomic mass is 10.2. The van der Waals surface area contributed by atoms with E-state index in [0.717, 1.165) is 6.54 Å². The molecule has 19 heavy (non-hydrogen) atoms. The van der Waals surface area contributed by atoms with E-state index in [4.69, 9.17) is 5.73 Å². The second-order valence-electron chi connectivity index (χ2n) is 3.99. The SMILES string of the molecule is CCn1cnnc1CNC(=O)c1ccc(N)c(O)c1. The molecular weight excluding hydrogens is 246 g/mol. The summed E-state index contributed by atoms with van der Waals surface area (Å²) in [5, 5.41) is 19.8. The molecule has 0 spiro atoms. The standard InChI is InChI=1S/C12H15N5O2/c1-2-17-7-15-16-11(17)6-14-12(19)8-3-4-9(13)10(18)5-8/h3-5,7,18H,2,6,13H2,1H3,(H,14,19). The quantitative estimate of drug-likeness (QED) is 0.549. The summed E-state index contributed by atoms with van der Waals surface area (Å²) in [6.07, 6.45) is 1.61. The van der Waals surface area contributed by atoms with Gasteiger partial charge in [0.15, 0.2) is 5.82 Å². The van der Waals surface area contributed by atoms with Gasteiger partial charge in [0.2, 0.25) is 0 Å². The van der Waals surface area contributed by atoms with Gasteiger partial charge in [0, 0.05) is 12.1 Å². The zero-order chi connectivity index (χ0) is 13.8. The van der Waals surface area contributed by atoms with E-state index in [2.05, 4.69) is 15.5 Å². The Bertz CT molecular complexity index is 594. The third kappa shape index (κ3) is 2.82. The predicted molar refractivity (Wildman–Crippen MR) is 69.4 cm³/mol. The van der Waals surface area contributed by atoms with E-state index in [1.165, 1.54) is 12.1 Å². The molecule has 0 atom stereocenters. The molecule has 7 heteroatoms. The summed E-state index contributed by atoms with van der Waals surface area (Å²) in [7, 11) is 0. The van der Waals surface area contributed by atoms with Gasteiger partial charge >= 0.3 is 0 Å². The average molecular weight is 261 g/mol. The predicted octanol–water partition coefficient (Wildman–Crippen LogP) is 0.516. The van der Waals surface area contributed by atoms with E-state index in [0.29, 0.717) is 11.4 Å². The highest BCUT2D eigenvalue weighted by atomic mass is 16.3. The highest BCUT2D eigenvalue weighted by Crippen LogP contribution is 2.20. The van der Waals surface area contributed by atoms with Crippen LogP contribution in [0.3, 0.4) is 0 Å². The largest absolute Gasteiger partial charge is 0.506 e. The van der Waals surface area contributed by atoms with Gasteiger partial charge in [-0.1, -0.05) is 0 Å². The zero-order valence-corrected chi connectivity index (χ0v) is 10.5. The molecule has 1 aromatic carbocycles. The summed E-state index contributed by atoms with van der Waals surface area (Å²) in [5.74, 6) is 0.265. The van der Waals surface area contributed by atoms with E-state index in [9.17, 15) is 9.90 Å². The molecule has 0 saturated heterocycles. The van der Waals surface area contributed by atoms with Gasteiger partial charge in [0.25, 0.3) is 5.91 Å². The minimum atomic E-state index is -0.305. The minimum Gasteiger partial charge on any atom is -0.506 e. The van der Waals surface area contributed by atoms with E-state index < -0.39 is 0 Å². The van der Waals surface area contributed by atoms with Crippen molar-refractivity contribution in [2.75, 3.05) is 5.73 Å². The molecule has 7 nitrogen and oxygen atoms in total. The Balaban J connectivity index is 2.03. The van der Waals surface area contributed by atoms with Gasteiger partial charge in [-0.2, -0.15) is 0 Å². The van der Waals surface area contributed by atoms with Gasteiger partial charge in [-0.05, 0) is 25.1 Å². The molecule has 0 bridgehead atoms. The molecule has 0 aliphatic rings. The van der Waals surface area contributed by atoms with Crippen molar-refractivity contribution in [3.8, 4) is 5.75 Å². The van der Waals surface area contributed by atoms with E-state index >= 15 is 0 Å². The molecular formula is C12H15N5O2. The van der Waals surface area contributed by atoms with Crippen molar-refractivity contribution < 1.29 is 9.90 Å². The Morgan fingerprint density at radius 2 is 2.32 bits per heavy atom. The number of benzene rings is 1. The van der Waals surface area contributed by atoms with Crippen LogP contribution >= 0.6 is 0 Å². The summed E-state index contributed by atoms with van der Waals surface area (Å²) in [6.45, 7) is 2.98. The first-order valence-electron chi connectivity index (χ1n) is 5.85. The summed E-state index contributed by atoms with van der Waals surface area (Å²) in [6, 6.07) is 4.36. The van der Waals surface area contributed by atoms with Crippen LogP contribution < -0.4 is 11.1 Å². The van der Waals surface area contributed by atoms with Crippen LogP contribution in [0.25, 0.3) is 0 Å². The van der Waals surface area contributed by atoms with Crippen LogP contribution in [0.1, 0.15) is 23.1 Å². The smallest absolute Gasteiger partial charge is 0.251 e. The van der Waals surface area contributed by atoms with Crippen LogP contribution in [-0.4, -0.2) is 25.8 Å². The first-order chi connectivity index (χ1) is 9.11. The maximum atomic E-state index is 11.9. The van der Waals surface area contributed by atoms with Crippen LogP contribution in [0, 0.1) is 0 Å². The molecule has 1 heterocycles. The fraction of sp³-hybridized carbons (Fsp3) is 0.250. The van der Waals surface area contributed by atoms with Gasteiger partial charge in [0.05, 0.1) is 12.2 Å². The highest BCUT2D eigenvalue weighted by Gasteiger charge is 2.09. The highest BCUT2D eigenvalue weighted by molar-refractivity contribution is 5.95. The van der Waals surface area contributed by atoms with Crippen molar-refractivity contribution in [3.05, 3.63) is 35.9 Å². The van der Waals surface area contributed by atoms with Crippen molar-refractivity contribution in [1.29, 1.82) is 0 Å². The van der Waals surface area contributed by atoms with Crippen molar-refractivity contribution in [3.63, 3.8) is 0 Å². The Labute approximate surface area is 110 Å². The number of aromatic hydroxyl groups is 1. The fourth-order valence-electron chi connectivity index (χ4n) is 1.63. The molecule has 2 rings (SSSR count). The number of nitrogen functional groups attached to an aromatic ring is 1. The summed E-state index contributed by atoms with van der Waals surface area (Å²) in [4.78, 5) is 11.9. The number of nitrogens with zero attached hydrogens (tertiary/aromatic N) is 3. The number of phenolic OH excluding ortho intramolecular Hbond substituents is 1. The number of hydrogen-bond donors (Lipinski definition) is 3. The number of phenols is 1. The number of aryl methyl sites for hydroxylation is 1. The lowest BCUT2D eigenvalue weighted by molar-refractivity contribution is 0.0949. The second kappa shape index (κ2) is 5.38. The summed E-state index contributed by atoms with van der Waals surface area (Å²) in [5.41, 5.74) is 6.05. The number of hydrogen-bond acceptors (Lipinski definition) is 5. The normalized spacial score (nSPS) is 10.4. The molecule has 1 aromatic heterocycles. The number of aromatic nitrogens is 3. The third-order valence-electron chi connectivity index (χ3n) is 2.74.